The Morgan fingerprint density at radius 2 is 1.88 bits per heavy atom. The second-order valence-electron chi connectivity index (χ2n) is 7.08. The molecule has 0 aromatic heterocycles. The third kappa shape index (κ3) is 5.27. The van der Waals surface area contributed by atoms with Gasteiger partial charge in [0.15, 0.2) is 17.2 Å². The van der Waals surface area contributed by atoms with Crippen LogP contribution in [0.2, 0.25) is 5.02 Å². The normalized spacial score (nSPS) is 14.0. The molecule has 0 unspecified atom stereocenters. The van der Waals surface area contributed by atoms with Gasteiger partial charge in [0.05, 0.1) is 22.6 Å². The first-order chi connectivity index (χ1) is 16.3. The van der Waals surface area contributed by atoms with E-state index in [2.05, 4.69) is 20.9 Å². The molecule has 0 radical (unpaired) electrons. The molecule has 1 aliphatic heterocycles. The van der Waals surface area contributed by atoms with E-state index in [1.807, 2.05) is 24.3 Å². The number of nitrogens with zero attached hydrogens (tertiary/aromatic N) is 2. The number of rotatable bonds is 7. The number of ether oxygens (including phenoxy) is 3. The lowest BCUT2D eigenvalue weighted by Gasteiger charge is -2.11. The number of nitro benzene ring substituents is 1. The first-order valence-electron chi connectivity index (χ1n) is 9.86. The molecule has 0 fully saturated rings. The molecule has 4 rings (SSSR count). The zero-order valence-electron chi connectivity index (χ0n) is 17.7. The fourth-order valence-corrected chi connectivity index (χ4v) is 3.63. The number of halogens is 2. The predicted octanol–water partition coefficient (Wildman–Crippen LogP) is 5.94. The quantitative estimate of drug-likeness (QED) is 0.158. The van der Waals surface area contributed by atoms with Gasteiger partial charge in [0, 0.05) is 16.6 Å². The molecule has 1 heterocycles. The lowest BCUT2D eigenvalue weighted by atomic mass is 10.1. The number of aliphatic imine (C=N–C) groups is 1. The van der Waals surface area contributed by atoms with Crippen LogP contribution in [0.1, 0.15) is 16.7 Å². The van der Waals surface area contributed by atoms with Crippen LogP contribution in [0.25, 0.3) is 6.08 Å². The molecule has 0 amide bonds. The number of hydrogen-bond donors (Lipinski definition) is 0. The monoisotopic (exact) mass is 542 g/mol. The fraction of sp³-hybridized carbons (Fsp3) is 0.0833. The lowest BCUT2D eigenvalue weighted by molar-refractivity contribution is -0.384. The zero-order chi connectivity index (χ0) is 24.2. The van der Waals surface area contributed by atoms with E-state index in [1.54, 1.807) is 18.2 Å². The number of cyclic esters (lactones) is 1. The van der Waals surface area contributed by atoms with E-state index in [-0.39, 0.29) is 27.9 Å². The van der Waals surface area contributed by atoms with Gasteiger partial charge in [-0.1, -0.05) is 45.7 Å². The van der Waals surface area contributed by atoms with Gasteiger partial charge in [-0.2, -0.15) is 0 Å². The van der Waals surface area contributed by atoms with Crippen molar-refractivity contribution in [2.24, 2.45) is 4.99 Å². The topological polar surface area (TPSA) is 100 Å². The van der Waals surface area contributed by atoms with Crippen molar-refractivity contribution in [1.29, 1.82) is 0 Å². The highest BCUT2D eigenvalue weighted by Crippen LogP contribution is 2.31. The molecule has 3 aromatic carbocycles. The molecule has 0 bridgehead atoms. The lowest BCUT2D eigenvalue weighted by Crippen LogP contribution is -2.06. The Labute approximate surface area is 207 Å². The summed E-state index contributed by atoms with van der Waals surface area (Å²) >= 11 is 9.52. The highest BCUT2D eigenvalue weighted by Gasteiger charge is 2.26. The van der Waals surface area contributed by atoms with Crippen molar-refractivity contribution in [3.63, 3.8) is 0 Å². The van der Waals surface area contributed by atoms with Crippen molar-refractivity contribution in [1.82, 2.24) is 0 Å². The van der Waals surface area contributed by atoms with E-state index >= 15 is 0 Å². The van der Waals surface area contributed by atoms with E-state index in [9.17, 15) is 14.9 Å². The summed E-state index contributed by atoms with van der Waals surface area (Å²) in [4.78, 5) is 26.9. The van der Waals surface area contributed by atoms with E-state index < -0.39 is 10.9 Å². The van der Waals surface area contributed by atoms with Crippen molar-refractivity contribution in [3.8, 4) is 11.5 Å². The summed E-state index contributed by atoms with van der Waals surface area (Å²) < 4.78 is 17.5. The summed E-state index contributed by atoms with van der Waals surface area (Å²) in [5.41, 5.74) is 1.79. The highest BCUT2D eigenvalue weighted by molar-refractivity contribution is 9.10. The van der Waals surface area contributed by atoms with Gasteiger partial charge in [-0.15, -0.1) is 0 Å². The maximum Gasteiger partial charge on any atom is 0.363 e. The molecule has 0 N–H and O–H groups in total. The van der Waals surface area contributed by atoms with Crippen LogP contribution in [0.4, 0.5) is 5.69 Å². The Morgan fingerprint density at radius 3 is 2.56 bits per heavy atom. The van der Waals surface area contributed by atoms with Crippen LogP contribution in [-0.2, 0) is 16.1 Å². The fourth-order valence-electron chi connectivity index (χ4n) is 3.11. The van der Waals surface area contributed by atoms with Gasteiger partial charge < -0.3 is 14.2 Å². The SMILES string of the molecule is COc1cc(/C=C2\N=C(c3ccc([N+](=O)[O-])cc3Cl)OC2=O)ccc1OCc1ccc(Br)cc1. The minimum Gasteiger partial charge on any atom is -0.493 e. The molecule has 0 atom stereocenters. The Morgan fingerprint density at radius 1 is 1.12 bits per heavy atom. The van der Waals surface area contributed by atoms with E-state index in [1.165, 1.54) is 31.4 Å². The molecular weight excluding hydrogens is 528 g/mol. The summed E-state index contributed by atoms with van der Waals surface area (Å²) in [6, 6.07) is 16.8. The molecule has 172 valence electrons. The Kier molecular flexibility index (Phi) is 6.95. The van der Waals surface area contributed by atoms with Gasteiger partial charge in [-0.05, 0) is 47.5 Å². The smallest absolute Gasteiger partial charge is 0.363 e. The second-order valence-corrected chi connectivity index (χ2v) is 8.41. The van der Waals surface area contributed by atoms with Crippen molar-refractivity contribution in [3.05, 3.63) is 103 Å². The van der Waals surface area contributed by atoms with E-state index in [0.29, 0.717) is 23.7 Å². The number of benzene rings is 3. The van der Waals surface area contributed by atoms with Gasteiger partial charge in [0.1, 0.15) is 6.61 Å². The van der Waals surface area contributed by atoms with Crippen LogP contribution >= 0.6 is 27.5 Å². The molecule has 34 heavy (non-hydrogen) atoms. The Balaban J connectivity index is 1.55. The maximum atomic E-state index is 12.3. The summed E-state index contributed by atoms with van der Waals surface area (Å²) in [5.74, 6) is 0.334. The van der Waals surface area contributed by atoms with Crippen molar-refractivity contribution >= 4 is 51.2 Å². The van der Waals surface area contributed by atoms with Gasteiger partial charge in [0.2, 0.25) is 5.90 Å². The number of carbonyl (C=O) groups excluding carboxylic acids is 1. The van der Waals surface area contributed by atoms with Crippen LogP contribution in [0.5, 0.6) is 11.5 Å². The van der Waals surface area contributed by atoms with Gasteiger partial charge in [0.25, 0.3) is 5.69 Å². The molecular formula is C24H16BrClN2O6. The molecule has 0 saturated carbocycles. The van der Waals surface area contributed by atoms with Crippen molar-refractivity contribution < 1.29 is 23.9 Å². The van der Waals surface area contributed by atoms with Crippen molar-refractivity contribution in [2.75, 3.05) is 7.11 Å². The third-order valence-electron chi connectivity index (χ3n) is 4.81. The van der Waals surface area contributed by atoms with Crippen LogP contribution in [-0.4, -0.2) is 23.9 Å². The second kappa shape index (κ2) is 10.1. The number of carbonyl (C=O) groups is 1. The van der Waals surface area contributed by atoms with Gasteiger partial charge >= 0.3 is 5.97 Å². The molecule has 10 heteroatoms. The van der Waals surface area contributed by atoms with Gasteiger partial charge in [-0.25, -0.2) is 9.79 Å². The van der Waals surface area contributed by atoms with Crippen molar-refractivity contribution in [2.45, 2.75) is 6.61 Å². The first kappa shape index (κ1) is 23.5. The van der Waals surface area contributed by atoms with Crippen LogP contribution in [0.15, 0.2) is 75.8 Å². The Hall–Kier alpha value is -3.69. The molecule has 1 aliphatic rings. The summed E-state index contributed by atoms with van der Waals surface area (Å²) in [6.07, 6.45) is 1.54. The minimum atomic E-state index is -0.668. The Bertz CT molecular complexity index is 1340. The van der Waals surface area contributed by atoms with Crippen LogP contribution < -0.4 is 9.47 Å². The maximum absolute atomic E-state index is 12.3. The largest absolute Gasteiger partial charge is 0.493 e. The number of nitro groups is 1. The van der Waals surface area contributed by atoms with Crippen LogP contribution in [0, 0.1) is 10.1 Å². The number of hydrogen-bond acceptors (Lipinski definition) is 7. The summed E-state index contributed by atoms with van der Waals surface area (Å²) in [5, 5.41) is 10.9. The number of non-ortho nitro benzene ring substituents is 1. The summed E-state index contributed by atoms with van der Waals surface area (Å²) in [6.45, 7) is 0.361. The molecule has 0 saturated heterocycles. The third-order valence-corrected chi connectivity index (χ3v) is 5.65. The average molecular weight is 544 g/mol. The molecule has 8 nitrogen and oxygen atoms in total. The highest BCUT2D eigenvalue weighted by atomic mass is 79.9. The average Bonchev–Trinajstić information content (AvgIpc) is 3.18. The predicted molar refractivity (Wildman–Crippen MR) is 130 cm³/mol. The van der Waals surface area contributed by atoms with E-state index in [0.717, 1.165) is 10.0 Å². The van der Waals surface area contributed by atoms with Gasteiger partial charge in [-0.3, -0.25) is 10.1 Å². The zero-order valence-corrected chi connectivity index (χ0v) is 20.0. The number of esters is 1. The first-order valence-corrected chi connectivity index (χ1v) is 11.0. The minimum absolute atomic E-state index is 0.0300. The number of methoxy groups -OCH3 is 1. The standard InChI is InChI=1S/C24H16BrClN2O6/c1-32-22-11-15(4-9-21(22)33-13-14-2-5-16(25)6-3-14)10-20-24(29)34-23(27-20)18-8-7-17(28(30)31)12-19(18)26/h2-12H,13H2,1H3/b20-10-. The molecule has 3 aromatic rings. The molecule has 0 spiro atoms. The molecule has 0 aliphatic carbocycles. The van der Waals surface area contributed by atoms with E-state index in [4.69, 9.17) is 25.8 Å². The summed E-state index contributed by atoms with van der Waals surface area (Å²) in [7, 11) is 1.52. The van der Waals surface area contributed by atoms with Crippen LogP contribution in [0.3, 0.4) is 0 Å².